The van der Waals surface area contributed by atoms with E-state index in [0.717, 1.165) is 0 Å². The first kappa shape index (κ1) is 18.1. The lowest BCUT2D eigenvalue weighted by molar-refractivity contribution is -0.126. The number of nitrogens with zero attached hydrogens (tertiary/aromatic N) is 1. The molecule has 0 saturated heterocycles. The van der Waals surface area contributed by atoms with E-state index in [1.54, 1.807) is 32.0 Å². The van der Waals surface area contributed by atoms with Crippen molar-refractivity contribution >= 4 is 29.0 Å². The Morgan fingerprint density at radius 3 is 2.55 bits per heavy atom. The smallest absolute Gasteiger partial charge is 0.267 e. The number of nitrogens with two attached hydrogens (primary N) is 1. The van der Waals surface area contributed by atoms with Crippen molar-refractivity contribution in [3.63, 3.8) is 0 Å². The summed E-state index contributed by atoms with van der Waals surface area (Å²) < 4.78 is 10.0. The fourth-order valence-corrected chi connectivity index (χ4v) is 1.63. The van der Waals surface area contributed by atoms with Crippen LogP contribution in [0.4, 0.5) is 5.69 Å². The molecule has 2 atom stereocenters. The molecule has 8 heteroatoms. The molecule has 0 radical (unpaired) electrons. The molecule has 0 aliphatic heterocycles. The molecular weight excluding hydrogens is 310 g/mol. The molecule has 0 aromatic heterocycles. The van der Waals surface area contributed by atoms with Crippen LogP contribution in [0, 0.1) is 0 Å². The summed E-state index contributed by atoms with van der Waals surface area (Å²) in [5, 5.41) is 6.71. The SMILES string of the molecule is COc1ccc(NC(=O)[C@H](C)O/N=C(/N)[C@@H](C)OC)cc1Cl. The van der Waals surface area contributed by atoms with Crippen LogP contribution in [0.5, 0.6) is 5.75 Å². The second kappa shape index (κ2) is 8.45. The molecule has 0 saturated carbocycles. The van der Waals surface area contributed by atoms with Crippen LogP contribution in [0.3, 0.4) is 0 Å². The van der Waals surface area contributed by atoms with E-state index in [2.05, 4.69) is 10.5 Å². The lowest BCUT2D eigenvalue weighted by atomic mass is 10.3. The molecule has 0 spiro atoms. The maximum Gasteiger partial charge on any atom is 0.267 e. The van der Waals surface area contributed by atoms with Crippen molar-refractivity contribution in [2.24, 2.45) is 10.9 Å². The van der Waals surface area contributed by atoms with Crippen LogP contribution in [0.25, 0.3) is 0 Å². The molecule has 1 amide bonds. The van der Waals surface area contributed by atoms with Crippen molar-refractivity contribution in [1.82, 2.24) is 0 Å². The maximum absolute atomic E-state index is 12.0. The fraction of sp³-hybridized carbons (Fsp3) is 0.429. The van der Waals surface area contributed by atoms with Gasteiger partial charge >= 0.3 is 0 Å². The molecule has 0 aliphatic rings. The Morgan fingerprint density at radius 2 is 2.00 bits per heavy atom. The van der Waals surface area contributed by atoms with Crippen molar-refractivity contribution in [2.45, 2.75) is 26.1 Å². The van der Waals surface area contributed by atoms with Gasteiger partial charge in [-0.25, -0.2) is 0 Å². The molecule has 3 N–H and O–H groups in total. The van der Waals surface area contributed by atoms with Gasteiger partial charge in [0.15, 0.2) is 5.84 Å². The van der Waals surface area contributed by atoms with Gasteiger partial charge in [-0.05, 0) is 32.0 Å². The first-order chi connectivity index (χ1) is 10.4. The van der Waals surface area contributed by atoms with Crippen LogP contribution in [0.2, 0.25) is 5.02 Å². The van der Waals surface area contributed by atoms with Crippen LogP contribution in [-0.2, 0) is 14.4 Å². The Balaban J connectivity index is 2.63. The number of methoxy groups -OCH3 is 2. The molecular formula is C14H20ClN3O4. The van der Waals surface area contributed by atoms with Gasteiger partial charge in [0, 0.05) is 12.8 Å². The molecule has 122 valence electrons. The number of carbonyl (C=O) groups excluding carboxylic acids is 1. The third kappa shape index (κ3) is 5.09. The van der Waals surface area contributed by atoms with E-state index in [-0.39, 0.29) is 11.7 Å². The highest BCUT2D eigenvalue weighted by molar-refractivity contribution is 6.32. The minimum atomic E-state index is -0.830. The maximum atomic E-state index is 12.0. The Kier molecular flexibility index (Phi) is 6.94. The van der Waals surface area contributed by atoms with Gasteiger partial charge < -0.3 is 25.4 Å². The van der Waals surface area contributed by atoms with E-state index in [1.165, 1.54) is 14.2 Å². The fourth-order valence-electron chi connectivity index (χ4n) is 1.37. The molecule has 1 aromatic carbocycles. The molecule has 0 unspecified atom stereocenters. The van der Waals surface area contributed by atoms with Gasteiger partial charge in [0.1, 0.15) is 11.9 Å². The normalized spacial score (nSPS) is 14.1. The Morgan fingerprint density at radius 1 is 1.32 bits per heavy atom. The average Bonchev–Trinajstić information content (AvgIpc) is 2.51. The number of amides is 1. The highest BCUT2D eigenvalue weighted by atomic mass is 35.5. The third-order valence-corrected chi connectivity index (χ3v) is 3.17. The predicted molar refractivity (Wildman–Crippen MR) is 85.3 cm³/mol. The highest BCUT2D eigenvalue weighted by Gasteiger charge is 2.16. The number of hydrogen-bond acceptors (Lipinski definition) is 5. The van der Waals surface area contributed by atoms with Crippen LogP contribution >= 0.6 is 11.6 Å². The number of nitrogens with one attached hydrogen (secondary N) is 1. The van der Waals surface area contributed by atoms with E-state index in [1.807, 2.05) is 0 Å². The number of halogens is 1. The molecule has 0 heterocycles. The first-order valence-corrected chi connectivity index (χ1v) is 6.93. The van der Waals surface area contributed by atoms with Crippen molar-refractivity contribution in [3.05, 3.63) is 23.2 Å². The van der Waals surface area contributed by atoms with E-state index in [4.69, 9.17) is 31.6 Å². The minimum Gasteiger partial charge on any atom is -0.495 e. The molecule has 22 heavy (non-hydrogen) atoms. The summed E-state index contributed by atoms with van der Waals surface area (Å²) in [6.07, 6.45) is -1.22. The van der Waals surface area contributed by atoms with E-state index >= 15 is 0 Å². The third-order valence-electron chi connectivity index (χ3n) is 2.87. The minimum absolute atomic E-state index is 0.148. The average molecular weight is 330 g/mol. The zero-order chi connectivity index (χ0) is 16.7. The summed E-state index contributed by atoms with van der Waals surface area (Å²) >= 11 is 5.99. The lowest BCUT2D eigenvalue weighted by Crippen LogP contribution is -2.31. The predicted octanol–water partition coefficient (Wildman–Crippen LogP) is 2.00. The van der Waals surface area contributed by atoms with Crippen molar-refractivity contribution < 1.29 is 19.1 Å². The van der Waals surface area contributed by atoms with Crippen LogP contribution in [-0.4, -0.2) is 38.2 Å². The summed E-state index contributed by atoms with van der Waals surface area (Å²) in [6.45, 7) is 3.26. The van der Waals surface area contributed by atoms with Gasteiger partial charge in [-0.3, -0.25) is 4.79 Å². The largest absolute Gasteiger partial charge is 0.495 e. The number of amidine groups is 1. The molecule has 0 bridgehead atoms. The number of carbonyl (C=O) groups is 1. The summed E-state index contributed by atoms with van der Waals surface area (Å²) in [5.41, 5.74) is 6.14. The number of benzene rings is 1. The van der Waals surface area contributed by atoms with Gasteiger partial charge in [-0.15, -0.1) is 0 Å². The monoisotopic (exact) mass is 329 g/mol. The molecule has 1 aromatic rings. The first-order valence-electron chi connectivity index (χ1n) is 6.55. The van der Waals surface area contributed by atoms with Gasteiger partial charge in [-0.2, -0.15) is 0 Å². The number of oxime groups is 1. The number of hydrogen-bond donors (Lipinski definition) is 2. The van der Waals surface area contributed by atoms with E-state index < -0.39 is 12.2 Å². The second-order valence-electron chi connectivity index (χ2n) is 4.48. The topological polar surface area (TPSA) is 95.2 Å². The van der Waals surface area contributed by atoms with E-state index in [0.29, 0.717) is 16.5 Å². The zero-order valence-corrected chi connectivity index (χ0v) is 13.7. The Bertz CT molecular complexity index is 551. The summed E-state index contributed by atoms with van der Waals surface area (Å²) in [4.78, 5) is 17.0. The van der Waals surface area contributed by atoms with Gasteiger partial charge in [-0.1, -0.05) is 16.8 Å². The van der Waals surface area contributed by atoms with Crippen molar-refractivity contribution in [2.75, 3.05) is 19.5 Å². The Labute approximate surface area is 134 Å². The van der Waals surface area contributed by atoms with Crippen molar-refractivity contribution in [1.29, 1.82) is 0 Å². The highest BCUT2D eigenvalue weighted by Crippen LogP contribution is 2.27. The van der Waals surface area contributed by atoms with Crippen LogP contribution in [0.1, 0.15) is 13.8 Å². The number of anilines is 1. The lowest BCUT2D eigenvalue weighted by Gasteiger charge is -2.13. The number of rotatable bonds is 7. The van der Waals surface area contributed by atoms with Crippen LogP contribution in [0.15, 0.2) is 23.4 Å². The molecule has 0 fully saturated rings. The summed E-state index contributed by atoms with van der Waals surface area (Å²) in [7, 11) is 3.01. The molecule has 0 aliphatic carbocycles. The van der Waals surface area contributed by atoms with Crippen molar-refractivity contribution in [3.8, 4) is 5.75 Å². The zero-order valence-electron chi connectivity index (χ0n) is 12.9. The summed E-state index contributed by atoms with van der Waals surface area (Å²) in [5.74, 6) is 0.285. The molecule has 7 nitrogen and oxygen atoms in total. The van der Waals surface area contributed by atoms with Crippen LogP contribution < -0.4 is 15.8 Å². The standard InChI is InChI=1S/C14H20ClN3O4/c1-8(20-3)13(16)18-22-9(2)14(19)17-10-5-6-12(21-4)11(15)7-10/h5-9H,1-4H3,(H2,16,18)(H,17,19)/t8-,9+/m1/s1. The van der Waals surface area contributed by atoms with Gasteiger partial charge in [0.25, 0.3) is 5.91 Å². The Hall–Kier alpha value is -1.99. The van der Waals surface area contributed by atoms with Gasteiger partial charge in [0.05, 0.1) is 12.1 Å². The summed E-state index contributed by atoms with van der Waals surface area (Å²) in [6, 6.07) is 4.90. The quantitative estimate of drug-likeness (QED) is 0.453. The number of ether oxygens (including phenoxy) is 2. The van der Waals surface area contributed by atoms with E-state index in [9.17, 15) is 4.79 Å². The molecule has 1 rings (SSSR count). The second-order valence-corrected chi connectivity index (χ2v) is 4.89. The van der Waals surface area contributed by atoms with Gasteiger partial charge in [0.2, 0.25) is 6.10 Å².